The molecule has 4 unspecified atom stereocenters. The van der Waals surface area contributed by atoms with Gasteiger partial charge < -0.3 is 20.4 Å². The Kier molecular flexibility index (Phi) is 7.23. The van der Waals surface area contributed by atoms with E-state index < -0.39 is 24.1 Å². The van der Waals surface area contributed by atoms with E-state index in [0.29, 0.717) is 12.1 Å². The van der Waals surface area contributed by atoms with Crippen LogP contribution in [-0.4, -0.2) is 72.2 Å². The largest absolute Gasteiger partial charge is 0.394 e. The summed E-state index contributed by atoms with van der Waals surface area (Å²) in [5.74, 6) is -0.689. The highest BCUT2D eigenvalue weighted by molar-refractivity contribution is 5.95. The molecule has 3 aromatic rings. The number of carbonyl (C=O) groups is 2. The molecule has 0 bridgehead atoms. The molecule has 1 fully saturated rings. The van der Waals surface area contributed by atoms with Gasteiger partial charge in [-0.1, -0.05) is 32.9 Å². The minimum absolute atomic E-state index is 0.117. The SMILES string of the molecule is CCn1nccc1-c1ccc(C(CO)NC(=O)C2CC(O)CN2C(=O)C(C)C(C)C)c2cn[nH]c12. The molecular weight excluding hydrogens is 448 g/mol. The molecular formula is C25H34N6O4. The number of benzene rings is 1. The number of aryl methyl sites for hydroxylation is 1. The Balaban J connectivity index is 1.60. The summed E-state index contributed by atoms with van der Waals surface area (Å²) in [6.07, 6.45) is 2.83. The van der Waals surface area contributed by atoms with Crippen LogP contribution in [0.3, 0.4) is 0 Å². The Hall–Kier alpha value is -3.24. The lowest BCUT2D eigenvalue weighted by Crippen LogP contribution is -2.49. The van der Waals surface area contributed by atoms with E-state index in [1.54, 1.807) is 12.4 Å². The van der Waals surface area contributed by atoms with Crippen LogP contribution in [0, 0.1) is 11.8 Å². The minimum Gasteiger partial charge on any atom is -0.394 e. The third-order valence-electron chi connectivity index (χ3n) is 7.07. The lowest BCUT2D eigenvalue weighted by atomic mass is 9.96. The number of likely N-dealkylation sites (tertiary alicyclic amines) is 1. The highest BCUT2D eigenvalue weighted by Crippen LogP contribution is 2.32. The van der Waals surface area contributed by atoms with Crippen LogP contribution in [-0.2, 0) is 16.1 Å². The van der Waals surface area contributed by atoms with Gasteiger partial charge in [0.1, 0.15) is 6.04 Å². The minimum atomic E-state index is -0.786. The van der Waals surface area contributed by atoms with Crippen molar-refractivity contribution in [2.75, 3.05) is 13.2 Å². The van der Waals surface area contributed by atoms with E-state index in [1.807, 2.05) is 50.6 Å². The maximum absolute atomic E-state index is 13.3. The molecule has 1 aliphatic rings. The predicted octanol–water partition coefficient (Wildman–Crippen LogP) is 1.85. The van der Waals surface area contributed by atoms with Crippen LogP contribution in [0.25, 0.3) is 22.2 Å². The Labute approximate surface area is 204 Å². The Morgan fingerprint density at radius 2 is 2.03 bits per heavy atom. The van der Waals surface area contributed by atoms with Gasteiger partial charge in [0.2, 0.25) is 11.8 Å². The van der Waals surface area contributed by atoms with Gasteiger partial charge in [-0.15, -0.1) is 0 Å². The second-order valence-electron chi connectivity index (χ2n) is 9.57. The lowest BCUT2D eigenvalue weighted by molar-refractivity contribution is -0.142. The number of hydrogen-bond acceptors (Lipinski definition) is 6. The molecule has 35 heavy (non-hydrogen) atoms. The molecule has 0 radical (unpaired) electrons. The third-order valence-corrected chi connectivity index (χ3v) is 7.07. The molecule has 1 aliphatic heterocycles. The number of β-amino-alcohol motifs (C(OH)–C–C–N with tert-alkyl or cyclic N) is 1. The summed E-state index contributed by atoms with van der Waals surface area (Å²) >= 11 is 0. The second kappa shape index (κ2) is 10.2. The number of aliphatic hydroxyl groups excluding tert-OH is 2. The zero-order chi connectivity index (χ0) is 25.3. The van der Waals surface area contributed by atoms with Gasteiger partial charge in [-0.2, -0.15) is 10.2 Å². The summed E-state index contributed by atoms with van der Waals surface area (Å²) in [5.41, 5.74) is 3.35. The Bertz CT molecular complexity index is 1200. The first kappa shape index (κ1) is 24.9. The molecule has 1 saturated heterocycles. The number of rotatable bonds is 8. The van der Waals surface area contributed by atoms with E-state index in [0.717, 1.165) is 22.2 Å². The van der Waals surface area contributed by atoms with E-state index in [9.17, 15) is 19.8 Å². The number of nitrogens with one attached hydrogen (secondary N) is 2. The number of aromatic nitrogens is 4. The molecule has 10 heteroatoms. The van der Waals surface area contributed by atoms with Crippen molar-refractivity contribution in [2.24, 2.45) is 11.8 Å². The fourth-order valence-electron chi connectivity index (χ4n) is 4.73. The molecule has 1 aromatic carbocycles. The number of H-pyrrole nitrogens is 1. The molecule has 4 N–H and O–H groups in total. The maximum Gasteiger partial charge on any atom is 0.243 e. The van der Waals surface area contributed by atoms with Gasteiger partial charge in [0.25, 0.3) is 0 Å². The first-order valence-corrected chi connectivity index (χ1v) is 12.1. The number of aliphatic hydroxyl groups is 2. The molecule has 4 rings (SSSR count). The average Bonchev–Trinajstić information content (AvgIpc) is 3.60. The summed E-state index contributed by atoms with van der Waals surface area (Å²) in [6, 6.07) is 4.23. The molecule has 0 saturated carbocycles. The van der Waals surface area contributed by atoms with Crippen LogP contribution in [0.2, 0.25) is 0 Å². The molecule has 2 aromatic heterocycles. The van der Waals surface area contributed by atoms with E-state index in [2.05, 4.69) is 20.6 Å². The van der Waals surface area contributed by atoms with Crippen LogP contribution in [0.1, 0.15) is 45.7 Å². The van der Waals surface area contributed by atoms with Crippen LogP contribution in [0.5, 0.6) is 0 Å². The number of aromatic amines is 1. The van der Waals surface area contributed by atoms with Crippen molar-refractivity contribution in [3.8, 4) is 11.3 Å². The first-order valence-electron chi connectivity index (χ1n) is 12.1. The van der Waals surface area contributed by atoms with Crippen LogP contribution < -0.4 is 5.32 Å². The van der Waals surface area contributed by atoms with Gasteiger partial charge >= 0.3 is 0 Å². The molecule has 4 atom stereocenters. The summed E-state index contributed by atoms with van der Waals surface area (Å²) in [7, 11) is 0. The van der Waals surface area contributed by atoms with E-state index in [-0.39, 0.29) is 37.3 Å². The molecule has 188 valence electrons. The number of carbonyl (C=O) groups excluding carboxylic acids is 2. The lowest BCUT2D eigenvalue weighted by Gasteiger charge is -2.29. The van der Waals surface area contributed by atoms with E-state index in [1.165, 1.54) is 4.90 Å². The maximum atomic E-state index is 13.3. The normalized spacial score (nSPS) is 19.9. The molecule has 0 spiro atoms. The summed E-state index contributed by atoms with van der Waals surface area (Å²) in [4.78, 5) is 27.7. The van der Waals surface area contributed by atoms with E-state index >= 15 is 0 Å². The predicted molar refractivity (Wildman–Crippen MR) is 131 cm³/mol. The molecule has 2 amide bonds. The van der Waals surface area contributed by atoms with Gasteiger partial charge in [-0.25, -0.2) is 0 Å². The first-order chi connectivity index (χ1) is 16.8. The van der Waals surface area contributed by atoms with Crippen molar-refractivity contribution in [1.82, 2.24) is 30.2 Å². The fraction of sp³-hybridized carbons (Fsp3) is 0.520. The number of fused-ring (bicyclic) bond motifs is 1. The van der Waals surface area contributed by atoms with Crippen molar-refractivity contribution >= 4 is 22.7 Å². The topological polar surface area (TPSA) is 136 Å². The van der Waals surface area contributed by atoms with Crippen LogP contribution >= 0.6 is 0 Å². The number of amides is 2. The summed E-state index contributed by atoms with van der Waals surface area (Å²) < 4.78 is 1.88. The molecule has 0 aliphatic carbocycles. The smallest absolute Gasteiger partial charge is 0.243 e. The standard InChI is InChI=1S/C25H34N6O4/c1-5-31-21(8-9-27-31)18-7-6-17(19-11-26-29-23(18)19)20(13-32)28-24(34)22-10-16(33)12-30(22)25(35)15(4)14(2)3/h6-9,11,14-16,20,22,32-33H,5,10,12-13H2,1-4H3,(H,26,29)(H,28,34). The van der Waals surface area contributed by atoms with Crippen molar-refractivity contribution in [1.29, 1.82) is 0 Å². The molecule has 10 nitrogen and oxygen atoms in total. The number of nitrogens with zero attached hydrogens (tertiary/aromatic N) is 4. The summed E-state index contributed by atoms with van der Waals surface area (Å²) in [5, 5.41) is 35.7. The average molecular weight is 483 g/mol. The van der Waals surface area contributed by atoms with Crippen molar-refractivity contribution in [2.45, 2.75) is 58.8 Å². The highest BCUT2D eigenvalue weighted by Gasteiger charge is 2.41. The zero-order valence-electron chi connectivity index (χ0n) is 20.6. The van der Waals surface area contributed by atoms with Crippen molar-refractivity contribution in [3.05, 3.63) is 36.2 Å². The number of hydrogen-bond donors (Lipinski definition) is 4. The van der Waals surface area contributed by atoms with Crippen LogP contribution in [0.15, 0.2) is 30.6 Å². The zero-order valence-corrected chi connectivity index (χ0v) is 20.6. The van der Waals surface area contributed by atoms with E-state index in [4.69, 9.17) is 0 Å². The van der Waals surface area contributed by atoms with Gasteiger partial charge in [0.05, 0.1) is 36.2 Å². The van der Waals surface area contributed by atoms with Crippen LogP contribution in [0.4, 0.5) is 0 Å². The Morgan fingerprint density at radius 3 is 2.71 bits per heavy atom. The fourth-order valence-corrected chi connectivity index (χ4v) is 4.73. The third kappa shape index (κ3) is 4.68. The summed E-state index contributed by atoms with van der Waals surface area (Å²) in [6.45, 7) is 8.28. The quantitative estimate of drug-likeness (QED) is 0.387. The Morgan fingerprint density at radius 1 is 1.26 bits per heavy atom. The van der Waals surface area contributed by atoms with Gasteiger partial charge in [-0.3, -0.25) is 19.4 Å². The van der Waals surface area contributed by atoms with Gasteiger partial charge in [0, 0.05) is 42.6 Å². The second-order valence-corrected chi connectivity index (χ2v) is 9.57. The van der Waals surface area contributed by atoms with Crippen molar-refractivity contribution in [3.63, 3.8) is 0 Å². The van der Waals surface area contributed by atoms with Crippen molar-refractivity contribution < 1.29 is 19.8 Å². The molecule has 3 heterocycles. The highest BCUT2D eigenvalue weighted by atomic mass is 16.3. The monoisotopic (exact) mass is 482 g/mol. The van der Waals surface area contributed by atoms with Gasteiger partial charge in [0.15, 0.2) is 0 Å². The van der Waals surface area contributed by atoms with Gasteiger partial charge in [-0.05, 0) is 24.5 Å².